The maximum atomic E-state index is 13.2. The van der Waals surface area contributed by atoms with E-state index in [0.29, 0.717) is 11.1 Å². The molecular formula is C13H10ClFOS. The van der Waals surface area contributed by atoms with Crippen molar-refractivity contribution < 1.29 is 9.18 Å². The lowest BCUT2D eigenvalue weighted by Gasteiger charge is -2.04. The van der Waals surface area contributed by atoms with Crippen LogP contribution in [0.25, 0.3) is 0 Å². The lowest BCUT2D eigenvalue weighted by molar-refractivity contribution is 0.0993. The van der Waals surface area contributed by atoms with E-state index in [9.17, 15) is 9.18 Å². The Labute approximate surface area is 108 Å². The standard InChI is InChI=1S/C13H10ClFOS/c1-8-6-17-7-10(8)12(16)5-9-3-2-4-11(15)13(9)14/h2-4,6-7H,5H2,1H3. The van der Waals surface area contributed by atoms with Crippen LogP contribution in [0.2, 0.25) is 5.02 Å². The minimum absolute atomic E-state index is 0.0312. The molecule has 4 heteroatoms. The number of aryl methyl sites for hydroxylation is 1. The number of halogens is 2. The molecule has 0 aliphatic heterocycles. The number of hydrogen-bond donors (Lipinski definition) is 0. The molecule has 0 spiro atoms. The molecule has 0 saturated heterocycles. The lowest BCUT2D eigenvalue weighted by Crippen LogP contribution is -2.04. The molecule has 0 aliphatic carbocycles. The van der Waals surface area contributed by atoms with Crippen molar-refractivity contribution in [2.45, 2.75) is 13.3 Å². The normalized spacial score (nSPS) is 10.5. The van der Waals surface area contributed by atoms with Crippen LogP contribution in [0, 0.1) is 12.7 Å². The van der Waals surface area contributed by atoms with Crippen molar-refractivity contribution in [3.05, 3.63) is 56.5 Å². The Balaban J connectivity index is 2.25. The first kappa shape index (κ1) is 12.3. The van der Waals surface area contributed by atoms with Crippen molar-refractivity contribution in [2.24, 2.45) is 0 Å². The van der Waals surface area contributed by atoms with Crippen molar-refractivity contribution in [1.29, 1.82) is 0 Å². The topological polar surface area (TPSA) is 17.1 Å². The molecule has 1 heterocycles. The molecule has 0 amide bonds. The summed E-state index contributed by atoms with van der Waals surface area (Å²) in [5.74, 6) is -0.518. The summed E-state index contributed by atoms with van der Waals surface area (Å²) < 4.78 is 13.2. The van der Waals surface area contributed by atoms with Gasteiger partial charge < -0.3 is 0 Å². The van der Waals surface area contributed by atoms with E-state index in [2.05, 4.69) is 0 Å². The number of thiophene rings is 1. The Hall–Kier alpha value is -1.19. The second-order valence-electron chi connectivity index (χ2n) is 3.78. The highest BCUT2D eigenvalue weighted by atomic mass is 35.5. The predicted octanol–water partition coefficient (Wildman–Crippen LogP) is 4.27. The summed E-state index contributed by atoms with van der Waals surface area (Å²) in [5.41, 5.74) is 2.17. The number of ketones is 1. The van der Waals surface area contributed by atoms with Gasteiger partial charge in [0.2, 0.25) is 0 Å². The highest BCUT2D eigenvalue weighted by Gasteiger charge is 2.14. The number of rotatable bonds is 3. The third-order valence-electron chi connectivity index (χ3n) is 2.54. The van der Waals surface area contributed by atoms with Gasteiger partial charge in [-0.3, -0.25) is 4.79 Å². The maximum Gasteiger partial charge on any atom is 0.168 e. The van der Waals surface area contributed by atoms with Crippen LogP contribution < -0.4 is 0 Å². The van der Waals surface area contributed by atoms with Crippen molar-refractivity contribution in [1.82, 2.24) is 0 Å². The van der Waals surface area contributed by atoms with E-state index in [-0.39, 0.29) is 17.2 Å². The van der Waals surface area contributed by atoms with Crippen molar-refractivity contribution in [3.8, 4) is 0 Å². The zero-order valence-corrected chi connectivity index (χ0v) is 10.7. The van der Waals surface area contributed by atoms with E-state index in [1.165, 1.54) is 17.4 Å². The van der Waals surface area contributed by atoms with Gasteiger partial charge in [0, 0.05) is 17.4 Å². The molecule has 2 rings (SSSR count). The Morgan fingerprint density at radius 1 is 1.41 bits per heavy atom. The molecule has 0 bridgehead atoms. The Bertz CT molecular complexity index is 562. The summed E-state index contributed by atoms with van der Waals surface area (Å²) in [5, 5.41) is 3.76. The van der Waals surface area contributed by atoms with Crippen LogP contribution in [0.3, 0.4) is 0 Å². The molecule has 0 atom stereocenters. The van der Waals surface area contributed by atoms with Crippen molar-refractivity contribution in [2.75, 3.05) is 0 Å². The van der Waals surface area contributed by atoms with Gasteiger partial charge in [0.1, 0.15) is 5.82 Å². The molecule has 17 heavy (non-hydrogen) atoms. The van der Waals surface area contributed by atoms with Gasteiger partial charge in [0.15, 0.2) is 5.78 Å². The van der Waals surface area contributed by atoms with Gasteiger partial charge >= 0.3 is 0 Å². The fourth-order valence-electron chi connectivity index (χ4n) is 1.60. The molecular weight excluding hydrogens is 259 g/mol. The summed E-state index contributed by atoms with van der Waals surface area (Å²) in [7, 11) is 0. The Morgan fingerprint density at radius 3 is 2.82 bits per heavy atom. The van der Waals surface area contributed by atoms with Crippen LogP contribution in [-0.4, -0.2) is 5.78 Å². The lowest BCUT2D eigenvalue weighted by atomic mass is 10.0. The van der Waals surface area contributed by atoms with E-state index in [1.54, 1.807) is 12.1 Å². The van der Waals surface area contributed by atoms with Gasteiger partial charge in [0.25, 0.3) is 0 Å². The second-order valence-corrected chi connectivity index (χ2v) is 4.90. The van der Waals surface area contributed by atoms with Gasteiger partial charge in [-0.2, -0.15) is 11.3 Å². The largest absolute Gasteiger partial charge is 0.294 e. The molecule has 2 aromatic rings. The van der Waals surface area contributed by atoms with E-state index < -0.39 is 5.82 Å². The van der Waals surface area contributed by atoms with Gasteiger partial charge in [-0.1, -0.05) is 23.7 Å². The molecule has 0 unspecified atom stereocenters. The first-order chi connectivity index (χ1) is 8.09. The van der Waals surface area contributed by atoms with Gasteiger partial charge in [-0.15, -0.1) is 0 Å². The van der Waals surface area contributed by atoms with E-state index in [0.717, 1.165) is 5.56 Å². The quantitative estimate of drug-likeness (QED) is 0.760. The smallest absolute Gasteiger partial charge is 0.168 e. The maximum absolute atomic E-state index is 13.2. The minimum Gasteiger partial charge on any atom is -0.294 e. The van der Waals surface area contributed by atoms with Crippen molar-refractivity contribution >= 4 is 28.7 Å². The van der Waals surface area contributed by atoms with Crippen LogP contribution in [0.1, 0.15) is 21.5 Å². The van der Waals surface area contributed by atoms with Crippen molar-refractivity contribution in [3.63, 3.8) is 0 Å². The van der Waals surface area contributed by atoms with Crippen LogP contribution in [0.5, 0.6) is 0 Å². The molecule has 88 valence electrons. The van der Waals surface area contributed by atoms with Crippen LogP contribution >= 0.6 is 22.9 Å². The third kappa shape index (κ3) is 2.56. The molecule has 0 aliphatic rings. The summed E-state index contributed by atoms with van der Waals surface area (Å²) >= 11 is 7.30. The fourth-order valence-corrected chi connectivity index (χ4v) is 2.64. The van der Waals surface area contributed by atoms with Crippen LogP contribution in [0.4, 0.5) is 4.39 Å². The van der Waals surface area contributed by atoms with E-state index in [1.807, 2.05) is 17.7 Å². The highest BCUT2D eigenvalue weighted by Crippen LogP contribution is 2.22. The number of carbonyl (C=O) groups is 1. The molecule has 0 radical (unpaired) electrons. The zero-order valence-electron chi connectivity index (χ0n) is 9.17. The van der Waals surface area contributed by atoms with Gasteiger partial charge in [-0.05, 0) is 29.5 Å². The summed E-state index contributed by atoms with van der Waals surface area (Å²) in [4.78, 5) is 12.0. The average Bonchev–Trinajstić information content (AvgIpc) is 2.71. The van der Waals surface area contributed by atoms with Gasteiger partial charge in [0.05, 0.1) is 5.02 Å². The van der Waals surface area contributed by atoms with Crippen LogP contribution in [0.15, 0.2) is 29.0 Å². The van der Waals surface area contributed by atoms with E-state index in [4.69, 9.17) is 11.6 Å². The first-order valence-electron chi connectivity index (χ1n) is 5.08. The third-order valence-corrected chi connectivity index (χ3v) is 3.82. The number of hydrogen-bond acceptors (Lipinski definition) is 2. The van der Waals surface area contributed by atoms with Gasteiger partial charge in [-0.25, -0.2) is 4.39 Å². The molecule has 1 aromatic heterocycles. The zero-order chi connectivity index (χ0) is 12.4. The summed E-state index contributed by atoms with van der Waals surface area (Å²) in [6.45, 7) is 1.89. The first-order valence-corrected chi connectivity index (χ1v) is 6.40. The summed E-state index contributed by atoms with van der Waals surface area (Å²) in [6, 6.07) is 4.52. The molecule has 1 nitrogen and oxygen atoms in total. The monoisotopic (exact) mass is 268 g/mol. The second kappa shape index (κ2) is 4.98. The number of carbonyl (C=O) groups excluding carboxylic acids is 1. The molecule has 0 N–H and O–H groups in total. The SMILES string of the molecule is Cc1cscc1C(=O)Cc1cccc(F)c1Cl. The van der Waals surface area contributed by atoms with Crippen LogP contribution in [-0.2, 0) is 6.42 Å². The highest BCUT2D eigenvalue weighted by molar-refractivity contribution is 7.08. The molecule has 0 fully saturated rings. The predicted molar refractivity (Wildman–Crippen MR) is 68.5 cm³/mol. The Kier molecular flexibility index (Phi) is 3.60. The molecule has 1 aromatic carbocycles. The minimum atomic E-state index is -0.487. The number of benzene rings is 1. The fraction of sp³-hybridized carbons (Fsp3) is 0.154. The van der Waals surface area contributed by atoms with E-state index >= 15 is 0 Å². The Morgan fingerprint density at radius 2 is 2.18 bits per heavy atom. The number of Topliss-reactive ketones (excluding diaryl/α,β-unsaturated/α-hetero) is 1. The molecule has 0 saturated carbocycles. The average molecular weight is 269 g/mol. The summed E-state index contributed by atoms with van der Waals surface area (Å²) in [6.07, 6.45) is 0.133.